The molecule has 360 valence electrons. The Labute approximate surface area is 418 Å². The molecule has 0 radical (unpaired) electrons. The number of nitrogens with zero attached hydrogens (tertiary/aromatic N) is 4. The molecule has 4 aliphatic rings. The minimum atomic E-state index is -0.228. The molecule has 0 amide bonds. The van der Waals surface area contributed by atoms with Gasteiger partial charge in [0.1, 0.15) is 23.1 Å². The summed E-state index contributed by atoms with van der Waals surface area (Å²) >= 11 is 3.64. The molecule has 2 saturated heterocycles. The molecule has 17 heteroatoms. The van der Waals surface area contributed by atoms with Gasteiger partial charge in [0.2, 0.25) is 0 Å². The molecular weight excluding hydrogens is 953 g/mol. The number of fused-ring (bicyclic) bond motifs is 2. The van der Waals surface area contributed by atoms with Gasteiger partial charge in [-0.2, -0.15) is 0 Å². The molecule has 4 heterocycles. The van der Waals surface area contributed by atoms with Gasteiger partial charge in [-0.3, -0.25) is 9.98 Å². The number of rotatable bonds is 14. The number of aryl methyl sites for hydroxylation is 2. The molecule has 0 bridgehead atoms. The van der Waals surface area contributed by atoms with Crippen molar-refractivity contribution in [2.75, 3.05) is 63.1 Å². The molecule has 0 aromatic heterocycles. The van der Waals surface area contributed by atoms with Crippen LogP contribution in [-0.2, 0) is 11.5 Å². The van der Waals surface area contributed by atoms with Crippen molar-refractivity contribution in [3.8, 4) is 11.5 Å². The van der Waals surface area contributed by atoms with Crippen molar-refractivity contribution in [2.45, 2.75) is 88.8 Å². The minimum Gasteiger partial charge on any atom is -0.494 e. The summed E-state index contributed by atoms with van der Waals surface area (Å²) in [5.41, 5.74) is 7.78. The number of aliphatic imine (C=N–C) groups is 2. The molecule has 4 aliphatic heterocycles. The quantitative estimate of drug-likeness (QED) is 0.120. The van der Waals surface area contributed by atoms with Crippen LogP contribution in [0.15, 0.2) is 94.9 Å². The predicted molar refractivity (Wildman–Crippen MR) is 281 cm³/mol. The Kier molecular flexibility index (Phi) is 27.2. The molecule has 9 nitrogen and oxygen atoms in total. The lowest BCUT2D eigenvalue weighted by atomic mass is 10.1. The topological polar surface area (TPSA) is 105 Å². The zero-order valence-electron chi connectivity index (χ0n) is 37.3. The van der Waals surface area contributed by atoms with Gasteiger partial charge in [0.05, 0.1) is 25.3 Å². The first kappa shape index (κ1) is 58.1. The number of hydrogen-bond donors (Lipinski definition) is 2. The zero-order valence-corrected chi connectivity index (χ0v) is 42.2. The van der Waals surface area contributed by atoms with E-state index in [1.165, 1.54) is 57.9 Å². The summed E-state index contributed by atoms with van der Waals surface area (Å²) in [7, 11) is 0. The van der Waals surface area contributed by atoms with Crippen molar-refractivity contribution in [3.63, 3.8) is 0 Å². The molecule has 65 heavy (non-hydrogen) atoms. The van der Waals surface area contributed by atoms with Gasteiger partial charge < -0.3 is 35.4 Å². The second-order valence-corrected chi connectivity index (χ2v) is 18.1. The van der Waals surface area contributed by atoms with Crippen molar-refractivity contribution in [2.24, 2.45) is 9.98 Å². The Morgan fingerprint density at radius 1 is 0.554 bits per heavy atom. The number of nitrogens with one attached hydrogen (secondary N) is 2. The van der Waals surface area contributed by atoms with E-state index in [4.69, 9.17) is 19.5 Å². The maximum absolute atomic E-state index is 12.9. The summed E-state index contributed by atoms with van der Waals surface area (Å²) in [6.07, 6.45) is 8.76. The van der Waals surface area contributed by atoms with Crippen LogP contribution in [-0.4, -0.2) is 90.2 Å². The first-order chi connectivity index (χ1) is 29.3. The van der Waals surface area contributed by atoms with Crippen molar-refractivity contribution >= 4 is 94.9 Å². The van der Waals surface area contributed by atoms with E-state index >= 15 is 0 Å². The van der Waals surface area contributed by atoms with Gasteiger partial charge in [-0.1, -0.05) is 58.9 Å². The third-order valence-electron chi connectivity index (χ3n) is 11.3. The molecule has 0 aliphatic carbocycles. The maximum atomic E-state index is 12.9. The van der Waals surface area contributed by atoms with Crippen molar-refractivity contribution < 1.29 is 23.7 Å². The standard InChI is InChI=1S/2C24H30FN3OS.4ClH.H2O/c2*1-18-4-9-23-19(16-18)17-30-24(27-23)26-21-10-13-28(14-11-21)12-2-3-15-29-22-7-5-20(25)6-8-22;;;;;/h2*4-9,16,21H,2-3,10-15,17H2,1H3,(H,26,27);4*1H;1H2. The van der Waals surface area contributed by atoms with E-state index < -0.39 is 0 Å². The van der Waals surface area contributed by atoms with Crippen LogP contribution < -0.4 is 20.1 Å². The average molecular weight is 1020 g/mol. The summed E-state index contributed by atoms with van der Waals surface area (Å²) in [6.45, 7) is 12.3. The number of anilines is 2. The van der Waals surface area contributed by atoms with E-state index in [0.29, 0.717) is 25.3 Å². The van der Waals surface area contributed by atoms with Gasteiger partial charge in [-0.15, -0.1) is 49.6 Å². The molecule has 4 aromatic rings. The fourth-order valence-electron chi connectivity index (χ4n) is 7.85. The summed E-state index contributed by atoms with van der Waals surface area (Å²) in [6, 6.07) is 26.5. The first-order valence-corrected chi connectivity index (χ1v) is 23.6. The highest BCUT2D eigenvalue weighted by Crippen LogP contribution is 2.32. The molecule has 2 fully saturated rings. The number of hydrogen-bond acceptors (Lipinski definition) is 8. The fraction of sp³-hybridized carbons (Fsp3) is 0.458. The molecule has 0 atom stereocenters. The maximum Gasteiger partial charge on any atom is 0.161 e. The van der Waals surface area contributed by atoms with Gasteiger partial charge >= 0.3 is 0 Å². The molecule has 0 spiro atoms. The normalized spacial score (nSPS) is 17.4. The SMILES string of the molecule is Cc1ccc2c(c1)CSC(=NC1CCN(CCCCOc3ccc(F)cc3)CC1)N2.Cc1ccc2c(c1)CSC(=NC1CCN(CCCCOc3ccc(F)cc3)CC1)N2.Cl.Cl.Cl.Cl.O. The van der Waals surface area contributed by atoms with E-state index in [1.807, 2.05) is 23.5 Å². The Hall–Kier alpha value is -2.98. The highest BCUT2D eigenvalue weighted by atomic mass is 35.5. The van der Waals surface area contributed by atoms with Gasteiger partial charge in [0.25, 0.3) is 0 Å². The third kappa shape index (κ3) is 19.3. The van der Waals surface area contributed by atoms with E-state index in [0.717, 1.165) is 124 Å². The molecule has 4 aromatic carbocycles. The summed E-state index contributed by atoms with van der Waals surface area (Å²) in [4.78, 5) is 15.1. The van der Waals surface area contributed by atoms with Crippen LogP contribution >= 0.6 is 73.2 Å². The van der Waals surface area contributed by atoms with Crippen LogP contribution in [0, 0.1) is 25.5 Å². The second kappa shape index (κ2) is 30.4. The molecule has 4 N–H and O–H groups in total. The van der Waals surface area contributed by atoms with Crippen LogP contribution in [0.5, 0.6) is 11.5 Å². The Balaban J connectivity index is 0.000000415. The van der Waals surface area contributed by atoms with E-state index in [1.54, 1.807) is 24.3 Å². The lowest BCUT2D eigenvalue weighted by Gasteiger charge is -2.31. The monoisotopic (exact) mass is 1020 g/mol. The number of benzene rings is 4. The zero-order chi connectivity index (χ0) is 41.5. The number of ether oxygens (including phenoxy) is 2. The molecule has 0 unspecified atom stereocenters. The number of piperidine rings is 2. The minimum absolute atomic E-state index is 0. The Morgan fingerprint density at radius 3 is 1.29 bits per heavy atom. The Bertz CT molecular complexity index is 1900. The summed E-state index contributed by atoms with van der Waals surface area (Å²) < 4.78 is 37.1. The van der Waals surface area contributed by atoms with Crippen molar-refractivity contribution in [1.82, 2.24) is 9.80 Å². The van der Waals surface area contributed by atoms with Crippen LogP contribution in [0.25, 0.3) is 0 Å². The lowest BCUT2D eigenvalue weighted by molar-refractivity contribution is 0.203. The van der Waals surface area contributed by atoms with Gasteiger partial charge in [0, 0.05) is 49.1 Å². The highest BCUT2D eigenvalue weighted by Gasteiger charge is 2.22. The first-order valence-electron chi connectivity index (χ1n) is 21.7. The third-order valence-corrected chi connectivity index (χ3v) is 13.2. The van der Waals surface area contributed by atoms with E-state index in [-0.39, 0.29) is 66.7 Å². The van der Waals surface area contributed by atoms with Crippen molar-refractivity contribution in [1.29, 1.82) is 0 Å². The van der Waals surface area contributed by atoms with Crippen LogP contribution in [0.1, 0.15) is 73.6 Å². The molecule has 8 rings (SSSR count). The van der Waals surface area contributed by atoms with Gasteiger partial charge in [-0.05, 0) is 150 Å². The average Bonchev–Trinajstić information content (AvgIpc) is 3.26. The smallest absolute Gasteiger partial charge is 0.161 e. The fourth-order valence-corrected chi connectivity index (χ4v) is 9.73. The number of thioether (sulfide) groups is 2. The van der Waals surface area contributed by atoms with E-state index in [2.05, 4.69) is 70.7 Å². The lowest BCUT2D eigenvalue weighted by Crippen LogP contribution is -2.36. The summed E-state index contributed by atoms with van der Waals surface area (Å²) in [5, 5.41) is 9.17. The van der Waals surface area contributed by atoms with Crippen LogP contribution in [0.2, 0.25) is 0 Å². The van der Waals surface area contributed by atoms with Gasteiger partial charge in [-0.25, -0.2) is 8.78 Å². The molecule has 0 saturated carbocycles. The summed E-state index contributed by atoms with van der Waals surface area (Å²) in [5.74, 6) is 3.03. The number of amidine groups is 2. The molecular formula is C48H66Cl4F2N6O3S2. The largest absolute Gasteiger partial charge is 0.494 e. The predicted octanol–water partition coefficient (Wildman–Crippen LogP) is 11.8. The van der Waals surface area contributed by atoms with Gasteiger partial charge in [0.15, 0.2) is 10.3 Å². The number of unbranched alkanes of at least 4 members (excludes halogenated alkanes) is 2. The van der Waals surface area contributed by atoms with E-state index in [9.17, 15) is 8.78 Å². The van der Waals surface area contributed by atoms with Crippen molar-refractivity contribution in [3.05, 3.63) is 119 Å². The highest BCUT2D eigenvalue weighted by molar-refractivity contribution is 8.13. The Morgan fingerprint density at radius 2 is 0.923 bits per heavy atom. The number of likely N-dealkylation sites (tertiary alicyclic amines) is 2. The second-order valence-electron chi connectivity index (χ2n) is 16.2. The van der Waals surface area contributed by atoms with Crippen LogP contribution in [0.3, 0.4) is 0 Å². The van der Waals surface area contributed by atoms with Crippen LogP contribution in [0.4, 0.5) is 20.2 Å². The number of halogens is 6.